The number of rotatable bonds is 4. The highest BCUT2D eigenvalue weighted by Crippen LogP contribution is 2.32. The van der Waals surface area contributed by atoms with E-state index in [0.717, 1.165) is 25.7 Å². The van der Waals surface area contributed by atoms with Crippen LogP contribution in [0.4, 0.5) is 0 Å². The third-order valence-corrected chi connectivity index (χ3v) is 6.28. The fraction of sp³-hybridized carbons (Fsp3) is 1.00. The van der Waals surface area contributed by atoms with Crippen molar-refractivity contribution in [1.82, 2.24) is 9.03 Å². The first-order valence-electron chi connectivity index (χ1n) is 6.01. The van der Waals surface area contributed by atoms with Crippen molar-refractivity contribution in [3.05, 3.63) is 0 Å². The van der Waals surface area contributed by atoms with E-state index in [1.807, 2.05) is 0 Å². The third-order valence-electron chi connectivity index (χ3n) is 3.47. The van der Waals surface area contributed by atoms with Gasteiger partial charge in [-0.05, 0) is 12.8 Å². The van der Waals surface area contributed by atoms with E-state index in [9.17, 15) is 8.42 Å². The zero-order chi connectivity index (χ0) is 12.4. The van der Waals surface area contributed by atoms with Gasteiger partial charge in [-0.15, -0.1) is 0 Å². The summed E-state index contributed by atoms with van der Waals surface area (Å²) >= 11 is 3.44. The van der Waals surface area contributed by atoms with Crippen LogP contribution in [0.2, 0.25) is 0 Å². The lowest BCUT2D eigenvalue weighted by molar-refractivity contribution is 0.0720. The number of halogens is 1. The van der Waals surface area contributed by atoms with Crippen molar-refractivity contribution in [3.8, 4) is 0 Å². The number of morpholine rings is 1. The Balaban J connectivity index is 2.05. The first kappa shape index (κ1) is 13.7. The van der Waals surface area contributed by atoms with E-state index in [-0.39, 0.29) is 5.54 Å². The van der Waals surface area contributed by atoms with Crippen LogP contribution in [-0.2, 0) is 14.9 Å². The van der Waals surface area contributed by atoms with Gasteiger partial charge in [0, 0.05) is 24.0 Å². The highest BCUT2D eigenvalue weighted by atomic mass is 79.9. The number of nitrogens with zero attached hydrogens (tertiary/aromatic N) is 1. The SMILES string of the molecule is O=S(=O)(NC1(CBr)CCCC1)N1CCOCC1. The van der Waals surface area contributed by atoms with Crippen molar-refractivity contribution in [3.63, 3.8) is 0 Å². The van der Waals surface area contributed by atoms with Crippen LogP contribution >= 0.6 is 15.9 Å². The van der Waals surface area contributed by atoms with E-state index in [1.165, 1.54) is 4.31 Å². The highest BCUT2D eigenvalue weighted by Gasteiger charge is 2.38. The quantitative estimate of drug-likeness (QED) is 0.779. The van der Waals surface area contributed by atoms with Crippen LogP contribution in [0.5, 0.6) is 0 Å². The van der Waals surface area contributed by atoms with Crippen LogP contribution in [0.1, 0.15) is 25.7 Å². The summed E-state index contributed by atoms with van der Waals surface area (Å²) in [7, 11) is -3.36. The van der Waals surface area contributed by atoms with E-state index in [0.29, 0.717) is 31.6 Å². The van der Waals surface area contributed by atoms with E-state index >= 15 is 0 Å². The summed E-state index contributed by atoms with van der Waals surface area (Å²) in [4.78, 5) is 0. The van der Waals surface area contributed by atoms with Gasteiger partial charge in [0.05, 0.1) is 13.2 Å². The second kappa shape index (κ2) is 5.52. The first-order chi connectivity index (χ1) is 8.08. The molecule has 0 atom stereocenters. The number of hydrogen-bond donors (Lipinski definition) is 1. The molecule has 17 heavy (non-hydrogen) atoms. The fourth-order valence-electron chi connectivity index (χ4n) is 2.44. The molecular formula is C10H19BrN2O3S. The second-order valence-corrected chi connectivity index (χ2v) is 6.97. The number of ether oxygens (including phenoxy) is 1. The molecule has 2 aliphatic rings. The summed E-state index contributed by atoms with van der Waals surface area (Å²) in [5.74, 6) is 0. The van der Waals surface area contributed by atoms with E-state index < -0.39 is 10.2 Å². The van der Waals surface area contributed by atoms with Crippen LogP contribution in [0.3, 0.4) is 0 Å². The maximum atomic E-state index is 12.2. The number of alkyl halides is 1. The summed E-state index contributed by atoms with van der Waals surface area (Å²) in [5, 5.41) is 0.684. The smallest absolute Gasteiger partial charge is 0.280 e. The van der Waals surface area contributed by atoms with Gasteiger partial charge in [0.2, 0.25) is 0 Å². The fourth-order valence-corrected chi connectivity index (χ4v) is 4.91. The molecule has 0 unspecified atom stereocenters. The summed E-state index contributed by atoms with van der Waals surface area (Å²) in [5.41, 5.74) is -0.281. The molecular weight excluding hydrogens is 308 g/mol. The maximum absolute atomic E-state index is 12.2. The van der Waals surface area contributed by atoms with Gasteiger partial charge >= 0.3 is 0 Å². The molecule has 0 amide bonds. The maximum Gasteiger partial charge on any atom is 0.280 e. The molecule has 0 aromatic carbocycles. The predicted molar refractivity (Wildman–Crippen MR) is 69.4 cm³/mol. The molecule has 0 radical (unpaired) electrons. The predicted octanol–water partition coefficient (Wildman–Crippen LogP) is 0.861. The summed E-state index contributed by atoms with van der Waals surface area (Å²) in [6, 6.07) is 0. The van der Waals surface area contributed by atoms with E-state index in [2.05, 4.69) is 20.7 Å². The molecule has 0 spiro atoms. The van der Waals surface area contributed by atoms with Gasteiger partial charge in [0.25, 0.3) is 10.2 Å². The molecule has 0 aromatic rings. The van der Waals surface area contributed by atoms with Crippen LogP contribution in [0.15, 0.2) is 0 Å². The van der Waals surface area contributed by atoms with Crippen molar-refractivity contribution < 1.29 is 13.2 Å². The van der Waals surface area contributed by atoms with Crippen LogP contribution in [0.25, 0.3) is 0 Å². The van der Waals surface area contributed by atoms with Crippen molar-refractivity contribution in [2.75, 3.05) is 31.6 Å². The Bertz CT molecular complexity index is 349. The molecule has 1 aliphatic carbocycles. The lowest BCUT2D eigenvalue weighted by Gasteiger charge is -2.33. The number of hydrogen-bond acceptors (Lipinski definition) is 3. The molecule has 7 heteroatoms. The Morgan fingerprint density at radius 1 is 1.24 bits per heavy atom. The Hall–Kier alpha value is 0.310. The lowest BCUT2D eigenvalue weighted by atomic mass is 10.0. The second-order valence-electron chi connectivity index (χ2n) is 4.74. The molecule has 0 bridgehead atoms. The molecule has 1 N–H and O–H groups in total. The highest BCUT2D eigenvalue weighted by molar-refractivity contribution is 9.09. The van der Waals surface area contributed by atoms with E-state index in [4.69, 9.17) is 4.74 Å². The topological polar surface area (TPSA) is 58.6 Å². The van der Waals surface area contributed by atoms with Gasteiger partial charge in [-0.2, -0.15) is 17.4 Å². The Morgan fingerprint density at radius 3 is 2.35 bits per heavy atom. The standard InChI is InChI=1S/C10H19BrN2O3S/c11-9-10(3-1-2-4-10)12-17(14,15)13-5-7-16-8-6-13/h12H,1-9H2. The molecule has 2 fully saturated rings. The zero-order valence-corrected chi connectivity index (χ0v) is 12.2. The zero-order valence-electron chi connectivity index (χ0n) is 9.82. The van der Waals surface area contributed by atoms with Gasteiger partial charge in [-0.3, -0.25) is 0 Å². The third kappa shape index (κ3) is 3.20. The Kier molecular flexibility index (Phi) is 4.46. The first-order valence-corrected chi connectivity index (χ1v) is 8.57. The molecule has 1 saturated heterocycles. The summed E-state index contributed by atoms with van der Waals surface area (Å²) < 4.78 is 34.0. The lowest BCUT2D eigenvalue weighted by Crippen LogP contribution is -2.55. The van der Waals surface area contributed by atoms with E-state index in [1.54, 1.807) is 0 Å². The Morgan fingerprint density at radius 2 is 1.82 bits per heavy atom. The molecule has 1 aliphatic heterocycles. The average molecular weight is 327 g/mol. The molecule has 0 aromatic heterocycles. The van der Waals surface area contributed by atoms with Crippen molar-refractivity contribution in [2.24, 2.45) is 0 Å². The van der Waals surface area contributed by atoms with Crippen molar-refractivity contribution in [2.45, 2.75) is 31.2 Å². The minimum Gasteiger partial charge on any atom is -0.379 e. The van der Waals surface area contributed by atoms with Crippen LogP contribution in [-0.4, -0.2) is 49.9 Å². The normalized spacial score (nSPS) is 26.2. The van der Waals surface area contributed by atoms with Crippen molar-refractivity contribution in [1.29, 1.82) is 0 Å². The summed E-state index contributed by atoms with van der Waals surface area (Å²) in [6.07, 6.45) is 4.03. The monoisotopic (exact) mass is 326 g/mol. The van der Waals surface area contributed by atoms with Gasteiger partial charge in [-0.1, -0.05) is 28.8 Å². The minimum atomic E-state index is -3.36. The summed E-state index contributed by atoms with van der Waals surface area (Å²) in [6.45, 7) is 1.88. The van der Waals surface area contributed by atoms with Gasteiger partial charge in [0.1, 0.15) is 0 Å². The molecule has 2 rings (SSSR count). The van der Waals surface area contributed by atoms with Crippen molar-refractivity contribution >= 4 is 26.1 Å². The molecule has 1 saturated carbocycles. The van der Waals surface area contributed by atoms with Gasteiger partial charge < -0.3 is 4.74 Å². The Labute approximate surface area is 111 Å². The average Bonchev–Trinajstić information content (AvgIpc) is 2.79. The molecule has 100 valence electrons. The van der Waals surface area contributed by atoms with Gasteiger partial charge in [0.15, 0.2) is 0 Å². The molecule has 5 nitrogen and oxygen atoms in total. The molecule has 1 heterocycles. The minimum absolute atomic E-state index is 0.281. The van der Waals surface area contributed by atoms with Crippen LogP contribution in [0, 0.1) is 0 Å². The number of nitrogens with one attached hydrogen (secondary N) is 1. The largest absolute Gasteiger partial charge is 0.379 e. The van der Waals surface area contributed by atoms with Gasteiger partial charge in [-0.25, -0.2) is 0 Å². The van der Waals surface area contributed by atoms with Crippen LogP contribution < -0.4 is 4.72 Å².